The number of nitrogens with one attached hydrogen (secondary N) is 2. The van der Waals surface area contributed by atoms with Crippen molar-refractivity contribution in [2.75, 3.05) is 6.54 Å². The molecule has 1 aromatic carbocycles. The summed E-state index contributed by atoms with van der Waals surface area (Å²) in [5, 5.41) is 15.1. The summed E-state index contributed by atoms with van der Waals surface area (Å²) in [7, 11) is 0. The van der Waals surface area contributed by atoms with Gasteiger partial charge in [-0.25, -0.2) is 4.98 Å². The van der Waals surface area contributed by atoms with Gasteiger partial charge in [-0.3, -0.25) is 9.59 Å². The van der Waals surface area contributed by atoms with Gasteiger partial charge in [0.15, 0.2) is 0 Å². The zero-order valence-corrected chi connectivity index (χ0v) is 16.0. The number of H-pyrrole nitrogens is 1. The lowest BCUT2D eigenvalue weighted by molar-refractivity contribution is -0.141. The van der Waals surface area contributed by atoms with Gasteiger partial charge in [0.25, 0.3) is 5.91 Å². The van der Waals surface area contributed by atoms with Gasteiger partial charge in [-0.05, 0) is 31.9 Å². The topological polar surface area (TPSA) is 95.1 Å². The molecule has 140 valence electrons. The molecule has 3 N–H and O–H groups in total. The first kappa shape index (κ1) is 18.8. The third kappa shape index (κ3) is 4.83. The number of aliphatic carboxylic acids is 1. The van der Waals surface area contributed by atoms with Crippen LogP contribution >= 0.6 is 11.3 Å². The first-order chi connectivity index (χ1) is 12.9. The molecular weight excluding hydrogens is 362 g/mol. The highest BCUT2D eigenvalue weighted by Crippen LogP contribution is 2.22. The number of aromatic amines is 1. The van der Waals surface area contributed by atoms with Crippen molar-refractivity contribution in [3.63, 3.8) is 0 Å². The molecule has 3 rings (SSSR count). The minimum atomic E-state index is -0.929. The third-order valence-corrected chi connectivity index (χ3v) is 5.04. The molecule has 2 heterocycles. The van der Waals surface area contributed by atoms with E-state index in [0.717, 1.165) is 27.4 Å². The second-order valence-corrected chi connectivity index (χ2v) is 7.55. The molecular formula is C20H21N3O3S. The number of aryl methyl sites for hydroxylation is 2. The van der Waals surface area contributed by atoms with Crippen molar-refractivity contribution in [2.45, 2.75) is 20.3 Å². The van der Waals surface area contributed by atoms with Crippen LogP contribution in [-0.4, -0.2) is 33.5 Å². The summed E-state index contributed by atoms with van der Waals surface area (Å²) in [5.74, 6) is -1.95. The molecule has 0 aliphatic rings. The molecule has 6 nitrogen and oxygen atoms in total. The number of benzene rings is 1. The Bertz CT molecular complexity index is 961. The highest BCUT2D eigenvalue weighted by atomic mass is 32.1. The van der Waals surface area contributed by atoms with E-state index in [9.17, 15) is 14.7 Å². The van der Waals surface area contributed by atoms with Crippen molar-refractivity contribution < 1.29 is 14.7 Å². The van der Waals surface area contributed by atoms with Crippen LogP contribution in [0.4, 0.5) is 0 Å². The van der Waals surface area contributed by atoms with Crippen LogP contribution in [0, 0.1) is 19.8 Å². The fourth-order valence-electron chi connectivity index (χ4n) is 2.85. The highest BCUT2D eigenvalue weighted by Gasteiger charge is 2.20. The lowest BCUT2D eigenvalue weighted by Gasteiger charge is -2.13. The lowest BCUT2D eigenvalue weighted by Crippen LogP contribution is -2.34. The monoisotopic (exact) mass is 383 g/mol. The zero-order chi connectivity index (χ0) is 19.4. The van der Waals surface area contributed by atoms with Crippen molar-refractivity contribution in [3.05, 3.63) is 63.7 Å². The summed E-state index contributed by atoms with van der Waals surface area (Å²) in [6, 6.07) is 9.46. The molecule has 1 unspecified atom stereocenters. The predicted molar refractivity (Wildman–Crippen MR) is 105 cm³/mol. The fraction of sp³-hybridized carbons (Fsp3) is 0.250. The summed E-state index contributed by atoms with van der Waals surface area (Å²) in [5.41, 5.74) is 4.06. The van der Waals surface area contributed by atoms with Gasteiger partial charge in [-0.15, -0.1) is 11.3 Å². The van der Waals surface area contributed by atoms with Gasteiger partial charge in [-0.2, -0.15) is 0 Å². The molecule has 1 atom stereocenters. The molecule has 0 bridgehead atoms. The number of carboxylic acid groups (broad SMARTS) is 1. The number of carbonyl (C=O) groups is 2. The van der Waals surface area contributed by atoms with E-state index in [4.69, 9.17) is 0 Å². The van der Waals surface area contributed by atoms with Crippen LogP contribution in [0.1, 0.15) is 26.6 Å². The molecule has 0 saturated heterocycles. The Kier molecular flexibility index (Phi) is 5.71. The van der Waals surface area contributed by atoms with Crippen molar-refractivity contribution in [3.8, 4) is 11.3 Å². The van der Waals surface area contributed by atoms with Gasteiger partial charge >= 0.3 is 5.97 Å². The van der Waals surface area contributed by atoms with Gasteiger partial charge in [-0.1, -0.05) is 29.8 Å². The van der Waals surface area contributed by atoms with E-state index >= 15 is 0 Å². The summed E-state index contributed by atoms with van der Waals surface area (Å²) in [4.78, 5) is 31.3. The molecule has 0 aliphatic carbocycles. The maximum atomic E-state index is 12.4. The van der Waals surface area contributed by atoms with Crippen LogP contribution in [0.5, 0.6) is 0 Å². The first-order valence-electron chi connectivity index (χ1n) is 8.60. The molecule has 0 fully saturated rings. The Labute approximate surface area is 161 Å². The average Bonchev–Trinajstić information content (AvgIpc) is 3.27. The van der Waals surface area contributed by atoms with E-state index in [1.807, 2.05) is 43.5 Å². The molecule has 2 aromatic heterocycles. The number of nitrogens with zero attached hydrogens (tertiary/aromatic N) is 1. The number of thiazole rings is 1. The van der Waals surface area contributed by atoms with Crippen molar-refractivity contribution in [1.82, 2.24) is 15.3 Å². The Morgan fingerprint density at radius 2 is 2.11 bits per heavy atom. The van der Waals surface area contributed by atoms with Crippen molar-refractivity contribution in [2.24, 2.45) is 5.92 Å². The summed E-state index contributed by atoms with van der Waals surface area (Å²) in [6.07, 6.45) is 2.09. The lowest BCUT2D eigenvalue weighted by atomic mass is 9.98. The summed E-state index contributed by atoms with van der Waals surface area (Å²) in [6.45, 7) is 3.95. The Morgan fingerprint density at radius 1 is 1.30 bits per heavy atom. The molecule has 3 aromatic rings. The predicted octanol–water partition coefficient (Wildman–Crippen LogP) is 3.43. The highest BCUT2D eigenvalue weighted by molar-refractivity contribution is 7.09. The van der Waals surface area contributed by atoms with E-state index in [1.54, 1.807) is 23.6 Å². The van der Waals surface area contributed by atoms with Crippen LogP contribution in [0.15, 0.2) is 41.9 Å². The largest absolute Gasteiger partial charge is 0.481 e. The van der Waals surface area contributed by atoms with Gasteiger partial charge in [0.05, 0.1) is 16.6 Å². The summed E-state index contributed by atoms with van der Waals surface area (Å²) < 4.78 is 0. The van der Waals surface area contributed by atoms with Gasteiger partial charge in [0.2, 0.25) is 0 Å². The van der Waals surface area contributed by atoms with E-state index in [-0.39, 0.29) is 12.5 Å². The number of carbonyl (C=O) groups excluding carboxylic acids is 1. The number of hydrogen-bond donors (Lipinski definition) is 3. The standard InChI is InChI=1S/C20H21N3O3S/c1-12-4-3-5-14(6-12)7-16(20(25)26)10-22-19(24)17-8-15(9-21-17)18-11-27-13(2)23-18/h3-6,8-9,11,16,21H,7,10H2,1-2H3,(H,22,24)(H,25,26). The van der Waals surface area contributed by atoms with E-state index in [1.165, 1.54) is 0 Å². The number of amides is 1. The molecule has 0 aliphatic heterocycles. The molecule has 7 heteroatoms. The van der Waals surface area contributed by atoms with Crippen LogP contribution < -0.4 is 5.32 Å². The molecule has 0 saturated carbocycles. The summed E-state index contributed by atoms with van der Waals surface area (Å²) >= 11 is 1.55. The second kappa shape index (κ2) is 8.18. The number of carboxylic acids is 1. The Morgan fingerprint density at radius 3 is 2.78 bits per heavy atom. The molecule has 27 heavy (non-hydrogen) atoms. The van der Waals surface area contributed by atoms with Crippen molar-refractivity contribution in [1.29, 1.82) is 0 Å². The van der Waals surface area contributed by atoms with Gasteiger partial charge in [0, 0.05) is 23.7 Å². The van der Waals surface area contributed by atoms with E-state index in [2.05, 4.69) is 15.3 Å². The SMILES string of the molecule is Cc1cccc(CC(CNC(=O)c2cc(-c3csc(C)n3)c[nH]2)C(=O)O)c1. The maximum absolute atomic E-state index is 12.4. The third-order valence-electron chi connectivity index (χ3n) is 4.27. The van der Waals surface area contributed by atoms with Gasteiger partial charge in [0.1, 0.15) is 5.69 Å². The Balaban J connectivity index is 1.62. The number of hydrogen-bond acceptors (Lipinski definition) is 4. The fourth-order valence-corrected chi connectivity index (χ4v) is 3.47. The molecule has 0 radical (unpaired) electrons. The van der Waals surface area contributed by atoms with Crippen LogP contribution in [-0.2, 0) is 11.2 Å². The zero-order valence-electron chi connectivity index (χ0n) is 15.2. The molecule has 1 amide bonds. The average molecular weight is 383 g/mol. The smallest absolute Gasteiger partial charge is 0.308 e. The van der Waals surface area contributed by atoms with E-state index in [0.29, 0.717) is 12.1 Å². The first-order valence-corrected chi connectivity index (χ1v) is 9.48. The van der Waals surface area contributed by atoms with Crippen molar-refractivity contribution >= 4 is 23.2 Å². The van der Waals surface area contributed by atoms with Crippen LogP contribution in [0.2, 0.25) is 0 Å². The normalized spacial score (nSPS) is 11.9. The quantitative estimate of drug-likeness (QED) is 0.582. The Hall–Kier alpha value is -2.93. The molecule has 0 spiro atoms. The maximum Gasteiger partial charge on any atom is 0.308 e. The minimum Gasteiger partial charge on any atom is -0.481 e. The second-order valence-electron chi connectivity index (χ2n) is 6.49. The van der Waals surface area contributed by atoms with Crippen LogP contribution in [0.25, 0.3) is 11.3 Å². The van der Waals surface area contributed by atoms with Crippen LogP contribution in [0.3, 0.4) is 0 Å². The number of aromatic nitrogens is 2. The number of rotatable bonds is 7. The van der Waals surface area contributed by atoms with Gasteiger partial charge < -0.3 is 15.4 Å². The van der Waals surface area contributed by atoms with E-state index < -0.39 is 11.9 Å². The minimum absolute atomic E-state index is 0.0618.